The topological polar surface area (TPSA) is 46.9 Å². The first-order valence-electron chi connectivity index (χ1n) is 9.27. The smallest absolute Gasteiger partial charge is 0.251 e. The minimum Gasteiger partial charge on any atom is -0.342 e. The molecular formula is C23H19BrClN3O. The predicted molar refractivity (Wildman–Crippen MR) is 120 cm³/mol. The van der Waals surface area contributed by atoms with Crippen LogP contribution in [0.15, 0.2) is 77.3 Å². The number of nitrogens with one attached hydrogen (secondary N) is 1. The van der Waals surface area contributed by atoms with Crippen molar-refractivity contribution in [3.05, 3.63) is 99.2 Å². The fraction of sp³-hybridized carbons (Fsp3) is 0.130. The molecule has 4 aromatic rings. The van der Waals surface area contributed by atoms with Crippen molar-refractivity contribution in [1.82, 2.24) is 14.9 Å². The molecule has 29 heavy (non-hydrogen) atoms. The molecule has 0 saturated heterocycles. The summed E-state index contributed by atoms with van der Waals surface area (Å²) in [5, 5.41) is 3.78. The molecule has 1 N–H and O–H groups in total. The summed E-state index contributed by atoms with van der Waals surface area (Å²) in [5.41, 5.74) is 3.65. The summed E-state index contributed by atoms with van der Waals surface area (Å²) in [6, 6.07) is 22.9. The van der Waals surface area contributed by atoms with Crippen molar-refractivity contribution in [3.8, 4) is 0 Å². The van der Waals surface area contributed by atoms with Gasteiger partial charge in [-0.15, -0.1) is 0 Å². The average Bonchev–Trinajstić information content (AvgIpc) is 3.08. The van der Waals surface area contributed by atoms with E-state index in [1.165, 1.54) is 0 Å². The summed E-state index contributed by atoms with van der Waals surface area (Å²) in [7, 11) is 0. The number of fused-ring (bicyclic) bond motifs is 1. The minimum atomic E-state index is -0.263. The van der Waals surface area contributed by atoms with E-state index in [1.54, 1.807) is 12.1 Å². The summed E-state index contributed by atoms with van der Waals surface area (Å²) < 4.78 is 3.01. The van der Waals surface area contributed by atoms with Gasteiger partial charge in [0.05, 0.1) is 17.1 Å². The predicted octanol–water partition coefficient (Wildman–Crippen LogP) is 5.99. The van der Waals surface area contributed by atoms with Crippen molar-refractivity contribution < 1.29 is 4.79 Å². The first kappa shape index (κ1) is 19.7. The Bertz CT molecular complexity index is 1170. The molecule has 0 bridgehead atoms. The molecule has 3 aromatic carbocycles. The van der Waals surface area contributed by atoms with Gasteiger partial charge in [0.2, 0.25) is 0 Å². The molecule has 1 aromatic heterocycles. The fourth-order valence-corrected chi connectivity index (χ4v) is 3.86. The van der Waals surface area contributed by atoms with Gasteiger partial charge in [-0.1, -0.05) is 57.9 Å². The first-order chi connectivity index (χ1) is 14.0. The summed E-state index contributed by atoms with van der Waals surface area (Å²) in [6.07, 6.45) is 0. The molecule has 0 radical (unpaired) electrons. The van der Waals surface area contributed by atoms with E-state index in [9.17, 15) is 4.79 Å². The number of para-hydroxylation sites is 2. The van der Waals surface area contributed by atoms with Gasteiger partial charge < -0.3 is 9.88 Å². The Morgan fingerprint density at radius 3 is 2.62 bits per heavy atom. The van der Waals surface area contributed by atoms with Crippen LogP contribution in [0.4, 0.5) is 0 Å². The van der Waals surface area contributed by atoms with Crippen molar-refractivity contribution >= 4 is 44.5 Å². The maximum absolute atomic E-state index is 12.7. The zero-order chi connectivity index (χ0) is 20.4. The molecule has 0 aliphatic heterocycles. The molecule has 4 rings (SSSR count). The lowest BCUT2D eigenvalue weighted by molar-refractivity contribution is 0.0937. The van der Waals surface area contributed by atoms with Gasteiger partial charge in [0.15, 0.2) is 0 Å². The van der Waals surface area contributed by atoms with E-state index in [-0.39, 0.29) is 11.9 Å². The second kappa shape index (κ2) is 8.39. The van der Waals surface area contributed by atoms with Crippen LogP contribution in [-0.2, 0) is 6.54 Å². The number of amides is 1. The number of hydrogen-bond acceptors (Lipinski definition) is 2. The number of benzene rings is 3. The number of aromatic nitrogens is 2. The van der Waals surface area contributed by atoms with Gasteiger partial charge >= 0.3 is 0 Å². The molecule has 0 fully saturated rings. The number of carbonyl (C=O) groups is 1. The maximum Gasteiger partial charge on any atom is 0.251 e. The maximum atomic E-state index is 12.7. The minimum absolute atomic E-state index is 0.135. The van der Waals surface area contributed by atoms with Crippen LogP contribution in [0.2, 0.25) is 5.02 Å². The van der Waals surface area contributed by atoms with E-state index in [0.29, 0.717) is 17.1 Å². The Labute approximate surface area is 182 Å². The molecule has 0 saturated carbocycles. The van der Waals surface area contributed by atoms with Gasteiger partial charge in [0.1, 0.15) is 5.82 Å². The number of hydrogen-bond donors (Lipinski definition) is 1. The van der Waals surface area contributed by atoms with Crippen LogP contribution in [0.1, 0.15) is 34.7 Å². The van der Waals surface area contributed by atoms with Crippen LogP contribution in [0, 0.1) is 0 Å². The molecule has 146 valence electrons. The van der Waals surface area contributed by atoms with Crippen LogP contribution in [-0.4, -0.2) is 15.5 Å². The van der Waals surface area contributed by atoms with Crippen LogP contribution in [0.3, 0.4) is 0 Å². The number of rotatable bonds is 5. The summed E-state index contributed by atoms with van der Waals surface area (Å²) in [5.74, 6) is 0.674. The molecule has 6 heteroatoms. The van der Waals surface area contributed by atoms with Crippen molar-refractivity contribution in [1.29, 1.82) is 0 Å². The standard InChI is InChI=1S/C23H19BrClN3O/c1-15(26-23(29)17-5-4-6-18(24)13-17)22-27-20-7-2-3-8-21(20)28(22)14-16-9-11-19(25)12-10-16/h2-13,15H,14H2,1H3,(H,26,29). The summed E-state index contributed by atoms with van der Waals surface area (Å²) >= 11 is 9.44. The van der Waals surface area contributed by atoms with Crippen LogP contribution >= 0.6 is 27.5 Å². The van der Waals surface area contributed by atoms with Gasteiger partial charge in [-0.05, 0) is 55.0 Å². The Morgan fingerprint density at radius 1 is 1.10 bits per heavy atom. The summed E-state index contributed by atoms with van der Waals surface area (Å²) in [4.78, 5) is 17.5. The highest BCUT2D eigenvalue weighted by Gasteiger charge is 2.19. The second-order valence-corrected chi connectivity index (χ2v) is 8.23. The monoisotopic (exact) mass is 467 g/mol. The van der Waals surface area contributed by atoms with Gasteiger partial charge in [0.25, 0.3) is 5.91 Å². The average molecular weight is 469 g/mol. The molecule has 0 aliphatic carbocycles. The third-order valence-electron chi connectivity index (χ3n) is 4.76. The Balaban J connectivity index is 1.67. The molecule has 1 unspecified atom stereocenters. The zero-order valence-corrected chi connectivity index (χ0v) is 18.1. The normalized spacial score (nSPS) is 12.1. The number of carbonyl (C=O) groups excluding carboxylic acids is 1. The van der Waals surface area contributed by atoms with Crippen LogP contribution in [0.25, 0.3) is 11.0 Å². The molecule has 1 amide bonds. The molecule has 0 spiro atoms. The van der Waals surface area contributed by atoms with Gasteiger partial charge in [0, 0.05) is 21.6 Å². The van der Waals surface area contributed by atoms with Gasteiger partial charge in [-0.3, -0.25) is 4.79 Å². The van der Waals surface area contributed by atoms with E-state index in [0.717, 1.165) is 26.9 Å². The van der Waals surface area contributed by atoms with E-state index in [2.05, 4.69) is 25.8 Å². The number of imidazole rings is 1. The Hall–Kier alpha value is -2.63. The highest BCUT2D eigenvalue weighted by Crippen LogP contribution is 2.23. The Kier molecular flexibility index (Phi) is 5.69. The van der Waals surface area contributed by atoms with Crippen molar-refractivity contribution in [2.24, 2.45) is 0 Å². The lowest BCUT2D eigenvalue weighted by Crippen LogP contribution is -2.28. The van der Waals surface area contributed by atoms with E-state index in [1.807, 2.05) is 67.6 Å². The molecule has 0 aliphatic rings. The van der Waals surface area contributed by atoms with Gasteiger partial charge in [-0.25, -0.2) is 4.98 Å². The van der Waals surface area contributed by atoms with Gasteiger partial charge in [-0.2, -0.15) is 0 Å². The summed E-state index contributed by atoms with van der Waals surface area (Å²) in [6.45, 7) is 2.60. The zero-order valence-electron chi connectivity index (χ0n) is 15.8. The SMILES string of the molecule is CC(NC(=O)c1cccc(Br)c1)c1nc2ccccc2n1Cc1ccc(Cl)cc1. The lowest BCUT2D eigenvalue weighted by Gasteiger charge is -2.17. The highest BCUT2D eigenvalue weighted by atomic mass is 79.9. The molecule has 1 atom stereocenters. The van der Waals surface area contributed by atoms with E-state index in [4.69, 9.17) is 16.6 Å². The molecule has 1 heterocycles. The lowest BCUT2D eigenvalue weighted by atomic mass is 10.2. The van der Waals surface area contributed by atoms with Crippen molar-refractivity contribution in [2.75, 3.05) is 0 Å². The largest absolute Gasteiger partial charge is 0.342 e. The molecule has 4 nitrogen and oxygen atoms in total. The van der Waals surface area contributed by atoms with Crippen LogP contribution < -0.4 is 5.32 Å². The fourth-order valence-electron chi connectivity index (χ4n) is 3.34. The van der Waals surface area contributed by atoms with E-state index < -0.39 is 0 Å². The van der Waals surface area contributed by atoms with Crippen molar-refractivity contribution in [2.45, 2.75) is 19.5 Å². The third-order valence-corrected chi connectivity index (χ3v) is 5.50. The van der Waals surface area contributed by atoms with Crippen LogP contribution in [0.5, 0.6) is 0 Å². The Morgan fingerprint density at radius 2 is 1.86 bits per heavy atom. The third kappa shape index (κ3) is 4.36. The first-order valence-corrected chi connectivity index (χ1v) is 10.4. The molecular weight excluding hydrogens is 450 g/mol. The second-order valence-electron chi connectivity index (χ2n) is 6.88. The van der Waals surface area contributed by atoms with Crippen molar-refractivity contribution in [3.63, 3.8) is 0 Å². The quantitative estimate of drug-likeness (QED) is 0.391. The number of halogens is 2. The van der Waals surface area contributed by atoms with E-state index >= 15 is 0 Å². The number of nitrogens with zero attached hydrogens (tertiary/aromatic N) is 2. The highest BCUT2D eigenvalue weighted by molar-refractivity contribution is 9.10.